The Balaban J connectivity index is 2.42. The van der Waals surface area contributed by atoms with Gasteiger partial charge in [0.1, 0.15) is 18.8 Å². The van der Waals surface area contributed by atoms with Crippen LogP contribution in [0.25, 0.3) is 0 Å². The van der Waals surface area contributed by atoms with Crippen molar-refractivity contribution in [3.8, 4) is 0 Å². The summed E-state index contributed by atoms with van der Waals surface area (Å²) >= 11 is 0. The third kappa shape index (κ3) is 3.91. The van der Waals surface area contributed by atoms with Gasteiger partial charge >= 0.3 is 5.97 Å². The Bertz CT molecular complexity index is 285. The summed E-state index contributed by atoms with van der Waals surface area (Å²) in [7, 11) is 1.46. The molecule has 1 aliphatic rings. The zero-order valence-corrected chi connectivity index (χ0v) is 11.3. The molecule has 4 atom stereocenters. The van der Waals surface area contributed by atoms with Crippen LogP contribution in [-0.2, 0) is 19.0 Å². The third-order valence-corrected chi connectivity index (χ3v) is 2.76. The van der Waals surface area contributed by atoms with Gasteiger partial charge in [-0.15, -0.1) is 0 Å². The van der Waals surface area contributed by atoms with Gasteiger partial charge in [-0.2, -0.15) is 0 Å². The number of rotatable bonds is 4. The Morgan fingerprint density at radius 1 is 1.50 bits per heavy atom. The number of ether oxygens (including phenoxy) is 3. The van der Waals surface area contributed by atoms with Crippen molar-refractivity contribution >= 4 is 5.97 Å². The lowest BCUT2D eigenvalue weighted by Gasteiger charge is -2.23. The Hall–Kier alpha value is -0.690. The van der Waals surface area contributed by atoms with E-state index in [1.54, 1.807) is 20.8 Å². The summed E-state index contributed by atoms with van der Waals surface area (Å²) in [6.45, 7) is 4.98. The number of aliphatic hydroxyl groups excluding tert-OH is 2. The number of hydrogen-bond acceptors (Lipinski definition) is 6. The second-order valence-electron chi connectivity index (χ2n) is 5.48. The van der Waals surface area contributed by atoms with Crippen molar-refractivity contribution in [3.05, 3.63) is 0 Å². The van der Waals surface area contributed by atoms with Crippen LogP contribution < -0.4 is 0 Å². The number of esters is 1. The molecule has 0 spiro atoms. The van der Waals surface area contributed by atoms with Crippen molar-refractivity contribution in [1.82, 2.24) is 0 Å². The average molecular weight is 262 g/mol. The van der Waals surface area contributed by atoms with E-state index in [1.807, 2.05) is 0 Å². The minimum absolute atomic E-state index is 0.200. The summed E-state index contributed by atoms with van der Waals surface area (Å²) < 4.78 is 15.2. The van der Waals surface area contributed by atoms with Crippen LogP contribution in [-0.4, -0.2) is 54.5 Å². The van der Waals surface area contributed by atoms with E-state index in [0.717, 1.165) is 0 Å². The third-order valence-electron chi connectivity index (χ3n) is 2.76. The lowest BCUT2D eigenvalue weighted by atomic mass is 9.97. The minimum atomic E-state index is -1.06. The van der Waals surface area contributed by atoms with E-state index in [9.17, 15) is 15.0 Å². The topological polar surface area (TPSA) is 85.2 Å². The largest absolute Gasteiger partial charge is 0.462 e. The first-order valence-corrected chi connectivity index (χ1v) is 5.97. The van der Waals surface area contributed by atoms with Crippen LogP contribution in [0.3, 0.4) is 0 Å². The summed E-state index contributed by atoms with van der Waals surface area (Å²) in [5.74, 6) is -0.405. The number of aliphatic hydroxyl groups is 2. The highest BCUT2D eigenvalue weighted by Crippen LogP contribution is 2.24. The summed E-state index contributed by atoms with van der Waals surface area (Å²) in [5, 5.41) is 19.5. The number of hydrogen-bond donors (Lipinski definition) is 2. The molecule has 6 heteroatoms. The van der Waals surface area contributed by atoms with Gasteiger partial charge in [-0.3, -0.25) is 4.79 Å². The highest BCUT2D eigenvalue weighted by Gasteiger charge is 2.39. The molecule has 0 unspecified atom stereocenters. The van der Waals surface area contributed by atoms with Crippen LogP contribution in [0.5, 0.6) is 0 Å². The van der Waals surface area contributed by atoms with Gasteiger partial charge in [0, 0.05) is 13.5 Å². The quantitative estimate of drug-likeness (QED) is 0.697. The molecular weight excluding hydrogens is 240 g/mol. The van der Waals surface area contributed by atoms with E-state index in [2.05, 4.69) is 0 Å². The fraction of sp³-hybridized carbons (Fsp3) is 0.917. The molecule has 0 aromatic rings. The SMILES string of the molecule is CO[C@@H]1C[C@@H](O)[C@H]([C@H](O)COC(=O)C(C)(C)C)O1. The van der Waals surface area contributed by atoms with Crippen molar-refractivity contribution in [3.63, 3.8) is 0 Å². The first-order valence-electron chi connectivity index (χ1n) is 5.97. The molecule has 1 aliphatic heterocycles. The van der Waals surface area contributed by atoms with Crippen LogP contribution in [0.15, 0.2) is 0 Å². The average Bonchev–Trinajstić information content (AvgIpc) is 2.65. The smallest absolute Gasteiger partial charge is 0.311 e. The van der Waals surface area contributed by atoms with Crippen LogP contribution in [0.4, 0.5) is 0 Å². The van der Waals surface area contributed by atoms with Crippen LogP contribution >= 0.6 is 0 Å². The van der Waals surface area contributed by atoms with E-state index in [-0.39, 0.29) is 6.61 Å². The van der Waals surface area contributed by atoms with Gasteiger partial charge in [0.15, 0.2) is 6.29 Å². The predicted molar refractivity (Wildman–Crippen MR) is 62.7 cm³/mol. The Morgan fingerprint density at radius 2 is 2.11 bits per heavy atom. The summed E-state index contributed by atoms with van der Waals surface area (Å²) in [5.41, 5.74) is -0.621. The molecule has 1 fully saturated rings. The maximum Gasteiger partial charge on any atom is 0.311 e. The second-order valence-corrected chi connectivity index (χ2v) is 5.48. The number of carbonyl (C=O) groups is 1. The molecule has 0 saturated carbocycles. The second kappa shape index (κ2) is 5.97. The van der Waals surface area contributed by atoms with Gasteiger partial charge in [0.05, 0.1) is 11.5 Å². The van der Waals surface area contributed by atoms with E-state index < -0.39 is 36.0 Å². The van der Waals surface area contributed by atoms with Gasteiger partial charge < -0.3 is 24.4 Å². The fourth-order valence-electron chi connectivity index (χ4n) is 1.62. The van der Waals surface area contributed by atoms with Gasteiger partial charge in [-0.25, -0.2) is 0 Å². The standard InChI is InChI=1S/C12H22O6/c1-12(2,3)11(15)17-6-8(14)10-7(13)5-9(16-4)18-10/h7-10,13-14H,5-6H2,1-4H3/t7-,8-,9+,10-/m1/s1. The normalized spacial score (nSPS) is 30.2. The van der Waals surface area contributed by atoms with Crippen molar-refractivity contribution < 1.29 is 29.2 Å². The van der Waals surface area contributed by atoms with Crippen LogP contribution in [0.2, 0.25) is 0 Å². The minimum Gasteiger partial charge on any atom is -0.462 e. The Labute approximate surface area is 107 Å². The molecule has 1 saturated heterocycles. The lowest BCUT2D eigenvalue weighted by Crippen LogP contribution is -2.39. The summed E-state index contributed by atoms with van der Waals surface area (Å²) in [4.78, 5) is 11.5. The van der Waals surface area contributed by atoms with Crippen LogP contribution in [0, 0.1) is 5.41 Å². The number of methoxy groups -OCH3 is 1. The van der Waals surface area contributed by atoms with E-state index >= 15 is 0 Å². The maximum absolute atomic E-state index is 11.5. The first-order chi connectivity index (χ1) is 8.25. The lowest BCUT2D eigenvalue weighted by molar-refractivity contribution is -0.169. The molecular formula is C12H22O6. The van der Waals surface area contributed by atoms with Gasteiger partial charge in [-0.05, 0) is 20.8 Å². The van der Waals surface area contributed by atoms with Gasteiger partial charge in [0.2, 0.25) is 0 Å². The molecule has 0 amide bonds. The summed E-state index contributed by atoms with van der Waals surface area (Å²) in [6.07, 6.45) is -2.91. The zero-order chi connectivity index (χ0) is 13.9. The molecule has 18 heavy (non-hydrogen) atoms. The van der Waals surface area contributed by atoms with E-state index in [0.29, 0.717) is 6.42 Å². The molecule has 0 aliphatic carbocycles. The van der Waals surface area contributed by atoms with E-state index in [4.69, 9.17) is 14.2 Å². The van der Waals surface area contributed by atoms with Gasteiger partial charge in [-0.1, -0.05) is 0 Å². The van der Waals surface area contributed by atoms with Crippen molar-refractivity contribution in [2.75, 3.05) is 13.7 Å². The highest BCUT2D eigenvalue weighted by molar-refractivity contribution is 5.75. The first kappa shape index (κ1) is 15.4. The summed E-state index contributed by atoms with van der Waals surface area (Å²) in [6, 6.07) is 0. The molecule has 1 heterocycles. The fourth-order valence-corrected chi connectivity index (χ4v) is 1.62. The zero-order valence-electron chi connectivity index (χ0n) is 11.3. The van der Waals surface area contributed by atoms with Crippen molar-refractivity contribution in [2.45, 2.75) is 51.8 Å². The molecule has 6 nitrogen and oxygen atoms in total. The molecule has 2 N–H and O–H groups in total. The molecule has 0 bridgehead atoms. The van der Waals surface area contributed by atoms with Gasteiger partial charge in [0.25, 0.3) is 0 Å². The maximum atomic E-state index is 11.5. The molecule has 106 valence electrons. The highest BCUT2D eigenvalue weighted by atomic mass is 16.7. The number of carbonyl (C=O) groups excluding carboxylic acids is 1. The van der Waals surface area contributed by atoms with Crippen molar-refractivity contribution in [1.29, 1.82) is 0 Å². The predicted octanol–water partition coefficient (Wildman–Crippen LogP) is 0.0589. The Morgan fingerprint density at radius 3 is 2.56 bits per heavy atom. The van der Waals surface area contributed by atoms with Crippen molar-refractivity contribution in [2.24, 2.45) is 5.41 Å². The molecule has 0 aromatic carbocycles. The Kier molecular flexibility index (Phi) is 5.10. The molecule has 1 rings (SSSR count). The van der Waals surface area contributed by atoms with E-state index in [1.165, 1.54) is 7.11 Å². The molecule has 0 radical (unpaired) electrons. The monoisotopic (exact) mass is 262 g/mol. The molecule has 0 aromatic heterocycles. The van der Waals surface area contributed by atoms with Crippen LogP contribution in [0.1, 0.15) is 27.2 Å².